The molecule has 2 aromatic heterocycles. The van der Waals surface area contributed by atoms with Gasteiger partial charge < -0.3 is 14.0 Å². The van der Waals surface area contributed by atoms with Gasteiger partial charge in [0.2, 0.25) is 0 Å². The lowest BCUT2D eigenvalue weighted by molar-refractivity contribution is -0.0369. The average molecular weight is 470 g/mol. The highest BCUT2D eigenvalue weighted by molar-refractivity contribution is 5.69. The van der Waals surface area contributed by atoms with Gasteiger partial charge in [0, 0.05) is 14.1 Å². The molecule has 2 aromatic carbocycles. The van der Waals surface area contributed by atoms with Crippen LogP contribution in [0.25, 0.3) is 11.2 Å². The van der Waals surface area contributed by atoms with Crippen molar-refractivity contribution >= 4 is 11.2 Å². The van der Waals surface area contributed by atoms with E-state index in [1.165, 1.54) is 42.2 Å². The number of imidazole rings is 1. The molecule has 1 atom stereocenters. The minimum absolute atomic E-state index is 0.120. The highest BCUT2D eigenvalue weighted by atomic mass is 19.1. The second-order valence-electron chi connectivity index (χ2n) is 7.98. The number of ether oxygens (including phenoxy) is 2. The van der Waals surface area contributed by atoms with Crippen molar-refractivity contribution in [3.05, 3.63) is 98.5 Å². The molecule has 0 aliphatic heterocycles. The zero-order valence-corrected chi connectivity index (χ0v) is 18.8. The SMILES string of the molecule is Cn1c(=O)c2c(ncn2C[C@@H](COCc2cccc(F)c2)OCc2cccc(F)c2)n(C)c1=O. The number of benzene rings is 2. The van der Waals surface area contributed by atoms with Gasteiger partial charge in [-0.3, -0.25) is 13.9 Å². The Kier molecular flexibility index (Phi) is 6.99. The third-order valence-electron chi connectivity index (χ3n) is 5.45. The van der Waals surface area contributed by atoms with Gasteiger partial charge in [-0.2, -0.15) is 0 Å². The lowest BCUT2D eigenvalue weighted by atomic mass is 10.2. The Morgan fingerprint density at radius 3 is 2.24 bits per heavy atom. The molecule has 0 saturated carbocycles. The number of aryl methyl sites for hydroxylation is 1. The second kappa shape index (κ2) is 10.1. The smallest absolute Gasteiger partial charge is 0.332 e. The van der Waals surface area contributed by atoms with E-state index in [1.807, 2.05) is 0 Å². The Labute approximate surface area is 193 Å². The van der Waals surface area contributed by atoms with E-state index in [2.05, 4.69) is 4.98 Å². The fourth-order valence-corrected chi connectivity index (χ4v) is 3.68. The van der Waals surface area contributed by atoms with E-state index in [4.69, 9.17) is 9.47 Å². The number of hydrogen-bond acceptors (Lipinski definition) is 5. The quantitative estimate of drug-likeness (QED) is 0.376. The molecule has 178 valence electrons. The van der Waals surface area contributed by atoms with Crippen LogP contribution >= 0.6 is 0 Å². The number of fused-ring (bicyclic) bond motifs is 1. The van der Waals surface area contributed by atoms with Gasteiger partial charge in [-0.1, -0.05) is 24.3 Å². The summed E-state index contributed by atoms with van der Waals surface area (Å²) in [6.07, 6.45) is 0.924. The molecule has 0 amide bonds. The first-order valence-corrected chi connectivity index (χ1v) is 10.6. The van der Waals surface area contributed by atoms with E-state index in [-0.39, 0.29) is 49.2 Å². The monoisotopic (exact) mass is 470 g/mol. The van der Waals surface area contributed by atoms with Gasteiger partial charge in [-0.15, -0.1) is 0 Å². The van der Waals surface area contributed by atoms with Gasteiger partial charge in [-0.05, 0) is 35.4 Å². The van der Waals surface area contributed by atoms with Gasteiger partial charge >= 0.3 is 5.69 Å². The Hall–Kier alpha value is -3.63. The van der Waals surface area contributed by atoms with E-state index in [9.17, 15) is 18.4 Å². The average Bonchev–Trinajstić information content (AvgIpc) is 3.23. The molecule has 0 aliphatic rings. The van der Waals surface area contributed by atoms with Gasteiger partial charge in [-0.25, -0.2) is 18.6 Å². The van der Waals surface area contributed by atoms with Crippen molar-refractivity contribution in [2.75, 3.05) is 6.61 Å². The molecule has 0 aliphatic carbocycles. The normalized spacial score (nSPS) is 12.4. The number of halogens is 2. The summed E-state index contributed by atoms with van der Waals surface area (Å²) < 4.78 is 42.7. The van der Waals surface area contributed by atoms with Crippen LogP contribution in [-0.2, 0) is 43.3 Å². The van der Waals surface area contributed by atoms with Crippen molar-refractivity contribution in [3.8, 4) is 0 Å². The van der Waals surface area contributed by atoms with E-state index >= 15 is 0 Å². The number of rotatable bonds is 9. The maximum absolute atomic E-state index is 13.6. The predicted molar refractivity (Wildman–Crippen MR) is 121 cm³/mol. The molecule has 34 heavy (non-hydrogen) atoms. The van der Waals surface area contributed by atoms with Gasteiger partial charge in [0.05, 0.1) is 38.8 Å². The summed E-state index contributed by atoms with van der Waals surface area (Å²) in [6.45, 7) is 0.605. The topological polar surface area (TPSA) is 80.3 Å². The van der Waals surface area contributed by atoms with E-state index in [0.29, 0.717) is 11.1 Å². The van der Waals surface area contributed by atoms with Crippen LogP contribution in [0.2, 0.25) is 0 Å². The minimum atomic E-state index is -0.545. The molecule has 0 unspecified atom stereocenters. The molecule has 4 rings (SSSR count). The minimum Gasteiger partial charge on any atom is -0.374 e. The van der Waals surface area contributed by atoms with Gasteiger partial charge in [0.25, 0.3) is 5.56 Å². The van der Waals surface area contributed by atoms with Gasteiger partial charge in [0.1, 0.15) is 11.6 Å². The Morgan fingerprint density at radius 1 is 0.941 bits per heavy atom. The summed E-state index contributed by atoms with van der Waals surface area (Å²) in [5.74, 6) is -0.726. The molecule has 0 N–H and O–H groups in total. The van der Waals surface area contributed by atoms with E-state index in [0.717, 1.165) is 4.57 Å². The number of nitrogens with zero attached hydrogens (tertiary/aromatic N) is 4. The Morgan fingerprint density at radius 2 is 1.59 bits per heavy atom. The summed E-state index contributed by atoms with van der Waals surface area (Å²) in [5.41, 5.74) is 0.886. The second-order valence-corrected chi connectivity index (χ2v) is 7.98. The first kappa shape index (κ1) is 23.5. The molecule has 0 radical (unpaired) electrons. The molecule has 0 fully saturated rings. The van der Waals surface area contributed by atoms with Crippen LogP contribution in [0.1, 0.15) is 11.1 Å². The fraction of sp³-hybridized carbons (Fsp3) is 0.292. The molecule has 8 nitrogen and oxygen atoms in total. The molecular weight excluding hydrogens is 446 g/mol. The maximum atomic E-state index is 13.6. The highest BCUT2D eigenvalue weighted by Gasteiger charge is 2.18. The van der Waals surface area contributed by atoms with Crippen molar-refractivity contribution in [3.63, 3.8) is 0 Å². The third-order valence-corrected chi connectivity index (χ3v) is 5.45. The van der Waals surface area contributed by atoms with E-state index in [1.54, 1.807) is 35.9 Å². The van der Waals surface area contributed by atoms with Crippen molar-refractivity contribution in [2.45, 2.75) is 25.9 Å². The Bertz CT molecular complexity index is 1430. The van der Waals surface area contributed by atoms with E-state index < -0.39 is 17.4 Å². The van der Waals surface area contributed by atoms with Crippen LogP contribution in [-0.4, -0.2) is 31.4 Å². The summed E-state index contributed by atoms with van der Waals surface area (Å²) in [6, 6.07) is 12.2. The number of aromatic nitrogens is 4. The molecule has 2 heterocycles. The van der Waals surface area contributed by atoms with Crippen molar-refractivity contribution < 1.29 is 18.3 Å². The largest absolute Gasteiger partial charge is 0.374 e. The summed E-state index contributed by atoms with van der Waals surface area (Å²) in [7, 11) is 2.95. The van der Waals surface area contributed by atoms with Crippen molar-refractivity contribution in [1.82, 2.24) is 18.7 Å². The highest BCUT2D eigenvalue weighted by Crippen LogP contribution is 2.13. The van der Waals surface area contributed by atoms with Crippen molar-refractivity contribution in [1.29, 1.82) is 0 Å². The summed E-state index contributed by atoms with van der Waals surface area (Å²) in [5, 5.41) is 0. The lowest BCUT2D eigenvalue weighted by Gasteiger charge is -2.19. The molecule has 0 saturated heterocycles. The van der Waals surface area contributed by atoms with Gasteiger partial charge in [0.15, 0.2) is 11.2 Å². The van der Waals surface area contributed by atoms with Crippen LogP contribution in [0, 0.1) is 11.6 Å². The molecule has 4 aromatic rings. The molecular formula is C24H24F2N4O4. The summed E-state index contributed by atoms with van der Waals surface area (Å²) >= 11 is 0. The lowest BCUT2D eigenvalue weighted by Crippen LogP contribution is -2.38. The van der Waals surface area contributed by atoms with Crippen LogP contribution in [0.3, 0.4) is 0 Å². The first-order valence-electron chi connectivity index (χ1n) is 10.6. The summed E-state index contributed by atoms with van der Waals surface area (Å²) in [4.78, 5) is 29.2. The van der Waals surface area contributed by atoms with Crippen LogP contribution in [0.5, 0.6) is 0 Å². The van der Waals surface area contributed by atoms with Crippen LogP contribution in [0.15, 0.2) is 64.4 Å². The third kappa shape index (κ3) is 5.13. The maximum Gasteiger partial charge on any atom is 0.332 e. The zero-order chi connectivity index (χ0) is 24.2. The Balaban J connectivity index is 1.55. The first-order chi connectivity index (χ1) is 16.3. The molecule has 10 heteroatoms. The number of hydrogen-bond donors (Lipinski definition) is 0. The molecule has 0 bridgehead atoms. The fourth-order valence-electron chi connectivity index (χ4n) is 3.68. The van der Waals surface area contributed by atoms with Crippen molar-refractivity contribution in [2.24, 2.45) is 14.1 Å². The van der Waals surface area contributed by atoms with Crippen LogP contribution < -0.4 is 11.2 Å². The zero-order valence-electron chi connectivity index (χ0n) is 18.8. The predicted octanol–water partition coefficient (Wildman–Crippen LogP) is 2.51. The standard InChI is InChI=1S/C24H24F2N4O4/c1-28-22-21(23(31)29(2)24(28)32)30(15-27-22)11-20(34-13-17-6-4-8-19(26)10-17)14-33-12-16-5-3-7-18(25)9-16/h3-10,15,20H,11-14H2,1-2H3/t20-/m0/s1. The van der Waals surface area contributed by atoms with Crippen LogP contribution in [0.4, 0.5) is 8.78 Å². The molecule has 0 spiro atoms.